The molecule has 1 saturated heterocycles. The van der Waals surface area contributed by atoms with Gasteiger partial charge in [-0.1, -0.05) is 12.8 Å². The maximum atomic E-state index is 12.4. The zero-order valence-electron chi connectivity index (χ0n) is 15.7. The summed E-state index contributed by atoms with van der Waals surface area (Å²) in [5, 5.41) is 4.28. The molecular weight excluding hydrogens is 360 g/mol. The van der Waals surface area contributed by atoms with Crippen molar-refractivity contribution in [3.8, 4) is 0 Å². The fourth-order valence-electron chi connectivity index (χ4n) is 4.45. The topological polar surface area (TPSA) is 75.9 Å². The first-order chi connectivity index (χ1) is 13.2. The summed E-state index contributed by atoms with van der Waals surface area (Å²) in [6, 6.07) is 0.0676. The third kappa shape index (κ3) is 3.35. The minimum absolute atomic E-state index is 0.0676. The van der Waals surface area contributed by atoms with Crippen LogP contribution >= 0.6 is 11.5 Å². The van der Waals surface area contributed by atoms with E-state index in [2.05, 4.69) is 24.1 Å². The molecule has 3 aliphatic rings. The number of carbonyl (C=O) groups excluding carboxylic acids is 1. The smallest absolute Gasteiger partial charge is 0.223 e. The number of anilines is 1. The number of amides is 1. The van der Waals surface area contributed by atoms with Crippen molar-refractivity contribution in [1.29, 1.82) is 0 Å². The van der Waals surface area contributed by atoms with Gasteiger partial charge < -0.3 is 14.8 Å². The Kier molecular flexibility index (Phi) is 4.38. The summed E-state index contributed by atoms with van der Waals surface area (Å²) in [6.45, 7) is 1.59. The predicted octanol–water partition coefficient (Wildman–Crippen LogP) is 2.43. The SMILES string of the molecule is Cn1ccnc1[C@@H]1CN(c2nc(C3CCCC3)ns2)C[C@H]1NC(=O)C1CC1. The fourth-order valence-corrected chi connectivity index (χ4v) is 5.22. The maximum absolute atomic E-state index is 12.4. The van der Waals surface area contributed by atoms with E-state index in [9.17, 15) is 4.79 Å². The molecule has 0 bridgehead atoms. The molecule has 7 nitrogen and oxygen atoms in total. The van der Waals surface area contributed by atoms with Crippen LogP contribution < -0.4 is 10.2 Å². The average Bonchev–Trinajstić information content (AvgIpc) is 3.10. The van der Waals surface area contributed by atoms with E-state index in [-0.39, 0.29) is 23.8 Å². The zero-order valence-corrected chi connectivity index (χ0v) is 16.5. The highest BCUT2D eigenvalue weighted by atomic mass is 32.1. The molecule has 0 spiro atoms. The van der Waals surface area contributed by atoms with Crippen LogP contribution in [0.3, 0.4) is 0 Å². The third-order valence-electron chi connectivity index (χ3n) is 6.21. The normalized spacial score (nSPS) is 26.0. The van der Waals surface area contributed by atoms with E-state index in [1.54, 1.807) is 0 Å². The van der Waals surface area contributed by atoms with Crippen molar-refractivity contribution in [2.24, 2.45) is 13.0 Å². The Morgan fingerprint density at radius 1 is 1.22 bits per heavy atom. The molecular formula is C19H26N6OS. The molecule has 0 unspecified atom stereocenters. The largest absolute Gasteiger partial charge is 0.351 e. The zero-order chi connectivity index (χ0) is 18.4. The molecule has 8 heteroatoms. The van der Waals surface area contributed by atoms with Gasteiger partial charge in [0.25, 0.3) is 0 Å². The quantitative estimate of drug-likeness (QED) is 0.854. The summed E-state index contributed by atoms with van der Waals surface area (Å²) >= 11 is 1.50. The number of hydrogen-bond acceptors (Lipinski definition) is 6. The Balaban J connectivity index is 1.36. The Bertz CT molecular complexity index is 822. The first-order valence-corrected chi connectivity index (χ1v) is 10.8. The van der Waals surface area contributed by atoms with Crippen LogP contribution in [0, 0.1) is 5.92 Å². The second-order valence-electron chi connectivity index (χ2n) is 8.21. The van der Waals surface area contributed by atoms with Crippen LogP contribution in [0.1, 0.15) is 62.0 Å². The average molecular weight is 387 g/mol. The van der Waals surface area contributed by atoms with Crippen molar-refractivity contribution in [2.75, 3.05) is 18.0 Å². The second kappa shape index (κ2) is 6.89. The van der Waals surface area contributed by atoms with Gasteiger partial charge >= 0.3 is 0 Å². The Labute approximate surface area is 163 Å². The molecule has 27 heavy (non-hydrogen) atoms. The van der Waals surface area contributed by atoms with Gasteiger partial charge in [0, 0.05) is 55.9 Å². The van der Waals surface area contributed by atoms with Crippen LogP contribution in [-0.4, -0.2) is 43.9 Å². The van der Waals surface area contributed by atoms with E-state index in [1.165, 1.54) is 37.2 Å². The summed E-state index contributed by atoms with van der Waals surface area (Å²) < 4.78 is 6.72. The lowest BCUT2D eigenvalue weighted by molar-refractivity contribution is -0.122. The van der Waals surface area contributed by atoms with Crippen molar-refractivity contribution in [3.05, 3.63) is 24.0 Å². The standard InChI is InChI=1S/C19H26N6OS/c1-24-9-8-20-17(24)14-10-25(11-15(14)21-18(26)13-6-7-13)19-22-16(23-27-19)12-4-2-3-5-12/h8-9,12-15H,2-7,10-11H2,1H3,(H,21,26)/t14-,15-/m1/s1. The van der Waals surface area contributed by atoms with Gasteiger partial charge in [-0.25, -0.2) is 9.97 Å². The van der Waals surface area contributed by atoms with Gasteiger partial charge in [-0.2, -0.15) is 4.37 Å². The summed E-state index contributed by atoms with van der Waals surface area (Å²) in [5.41, 5.74) is 0. The number of nitrogens with zero attached hydrogens (tertiary/aromatic N) is 5. The van der Waals surface area contributed by atoms with Crippen molar-refractivity contribution < 1.29 is 4.79 Å². The number of nitrogens with one attached hydrogen (secondary N) is 1. The summed E-state index contributed by atoms with van der Waals surface area (Å²) in [4.78, 5) is 24.1. The van der Waals surface area contributed by atoms with Crippen LogP contribution in [0.25, 0.3) is 0 Å². The van der Waals surface area contributed by atoms with Gasteiger partial charge in [0.1, 0.15) is 11.6 Å². The van der Waals surface area contributed by atoms with Gasteiger partial charge in [0.15, 0.2) is 0 Å². The molecule has 2 aromatic rings. The number of aryl methyl sites for hydroxylation is 1. The van der Waals surface area contributed by atoms with Gasteiger partial charge in [-0.15, -0.1) is 0 Å². The lowest BCUT2D eigenvalue weighted by Crippen LogP contribution is -2.41. The Morgan fingerprint density at radius 2 is 2.04 bits per heavy atom. The van der Waals surface area contributed by atoms with E-state index in [4.69, 9.17) is 4.98 Å². The molecule has 1 N–H and O–H groups in total. The number of rotatable bonds is 5. The fraction of sp³-hybridized carbons (Fsp3) is 0.684. The summed E-state index contributed by atoms with van der Waals surface area (Å²) in [6.07, 6.45) is 10.9. The first-order valence-electron chi connectivity index (χ1n) is 10.0. The van der Waals surface area contributed by atoms with E-state index >= 15 is 0 Å². The number of hydrogen-bond donors (Lipinski definition) is 1. The monoisotopic (exact) mass is 386 g/mol. The van der Waals surface area contributed by atoms with E-state index in [1.807, 2.05) is 19.4 Å². The highest BCUT2D eigenvalue weighted by Crippen LogP contribution is 2.37. The molecule has 5 rings (SSSR count). The van der Waals surface area contributed by atoms with Crippen molar-refractivity contribution in [3.63, 3.8) is 0 Å². The molecule has 2 aromatic heterocycles. The number of carbonyl (C=O) groups is 1. The van der Waals surface area contributed by atoms with Crippen LogP contribution in [-0.2, 0) is 11.8 Å². The summed E-state index contributed by atoms with van der Waals surface area (Å²) in [5.74, 6) is 3.17. The molecule has 1 amide bonds. The van der Waals surface area contributed by atoms with E-state index in [0.717, 1.165) is 42.7 Å². The highest BCUT2D eigenvalue weighted by Gasteiger charge is 2.40. The molecule has 1 aliphatic heterocycles. The molecule has 144 valence electrons. The van der Waals surface area contributed by atoms with Crippen LogP contribution in [0.2, 0.25) is 0 Å². The van der Waals surface area contributed by atoms with Gasteiger partial charge in [-0.05, 0) is 25.7 Å². The van der Waals surface area contributed by atoms with Gasteiger partial charge in [-0.3, -0.25) is 4.79 Å². The predicted molar refractivity (Wildman–Crippen MR) is 104 cm³/mol. The van der Waals surface area contributed by atoms with Crippen LogP contribution in [0.4, 0.5) is 5.13 Å². The minimum Gasteiger partial charge on any atom is -0.351 e. The Hall–Kier alpha value is -1.96. The number of aromatic nitrogens is 4. The second-order valence-corrected chi connectivity index (χ2v) is 8.94. The molecule has 2 atom stereocenters. The van der Waals surface area contributed by atoms with Gasteiger partial charge in [0.05, 0.1) is 12.0 Å². The third-order valence-corrected chi connectivity index (χ3v) is 7.00. The molecule has 0 radical (unpaired) electrons. The first kappa shape index (κ1) is 17.2. The molecule has 0 aromatic carbocycles. The van der Waals surface area contributed by atoms with E-state index in [0.29, 0.717) is 5.92 Å². The maximum Gasteiger partial charge on any atom is 0.223 e. The lowest BCUT2D eigenvalue weighted by Gasteiger charge is -2.19. The lowest BCUT2D eigenvalue weighted by atomic mass is 10.0. The number of imidazole rings is 1. The summed E-state index contributed by atoms with van der Waals surface area (Å²) in [7, 11) is 2.02. The highest BCUT2D eigenvalue weighted by molar-refractivity contribution is 7.09. The molecule has 3 heterocycles. The van der Waals surface area contributed by atoms with Crippen molar-refractivity contribution >= 4 is 22.6 Å². The molecule has 2 saturated carbocycles. The minimum atomic E-state index is 0.0676. The van der Waals surface area contributed by atoms with E-state index < -0.39 is 0 Å². The Morgan fingerprint density at radius 3 is 2.74 bits per heavy atom. The van der Waals surface area contributed by atoms with Crippen LogP contribution in [0.5, 0.6) is 0 Å². The van der Waals surface area contributed by atoms with Crippen LogP contribution in [0.15, 0.2) is 12.4 Å². The molecule has 3 fully saturated rings. The van der Waals surface area contributed by atoms with Crippen molar-refractivity contribution in [1.82, 2.24) is 24.2 Å². The molecule has 2 aliphatic carbocycles. The van der Waals surface area contributed by atoms with Crippen molar-refractivity contribution in [2.45, 2.75) is 56.4 Å². The van der Waals surface area contributed by atoms with Gasteiger partial charge in [0.2, 0.25) is 11.0 Å².